The van der Waals surface area contributed by atoms with E-state index in [4.69, 9.17) is 5.11 Å². The summed E-state index contributed by atoms with van der Waals surface area (Å²) in [4.78, 5) is 0. The first-order valence-corrected chi connectivity index (χ1v) is 6.65. The van der Waals surface area contributed by atoms with Crippen LogP contribution in [0.15, 0.2) is 0 Å². The van der Waals surface area contributed by atoms with Gasteiger partial charge in [0.15, 0.2) is 0 Å². The van der Waals surface area contributed by atoms with E-state index >= 15 is 0 Å². The Labute approximate surface area is 96.1 Å². The molecule has 0 spiro atoms. The SMILES string of the molecule is CC(C)CC(CO)NCC(O)S(=O)(=O)B=O. The maximum atomic E-state index is 10.9. The van der Waals surface area contributed by atoms with Gasteiger partial charge in [0, 0.05) is 0 Å². The van der Waals surface area contributed by atoms with Crippen LogP contribution in [0, 0.1) is 5.92 Å². The van der Waals surface area contributed by atoms with Crippen LogP contribution in [0.25, 0.3) is 0 Å². The van der Waals surface area contributed by atoms with Crippen molar-refractivity contribution in [1.29, 1.82) is 0 Å². The number of hydrogen-bond donors (Lipinski definition) is 3. The van der Waals surface area contributed by atoms with E-state index in [1.54, 1.807) is 0 Å². The molecule has 0 bridgehead atoms. The molecule has 0 radical (unpaired) electrons. The van der Waals surface area contributed by atoms with Gasteiger partial charge in [0.2, 0.25) is 0 Å². The Bertz CT molecular complexity index is 306. The van der Waals surface area contributed by atoms with E-state index in [-0.39, 0.29) is 25.6 Å². The fraction of sp³-hybridized carbons (Fsp3) is 1.00. The number of aliphatic hydroxyl groups excluding tert-OH is 2. The van der Waals surface area contributed by atoms with Gasteiger partial charge in [0.25, 0.3) is 0 Å². The molecule has 0 saturated heterocycles. The van der Waals surface area contributed by atoms with Gasteiger partial charge in [0.1, 0.15) is 0 Å². The van der Waals surface area contributed by atoms with Crippen LogP contribution < -0.4 is 5.32 Å². The van der Waals surface area contributed by atoms with Gasteiger partial charge in [-0.05, 0) is 0 Å². The number of hydrogen-bond acceptors (Lipinski definition) is 6. The average Bonchev–Trinajstić information content (AvgIpc) is 2.22. The molecular weight excluding hydrogens is 233 g/mol. The van der Waals surface area contributed by atoms with Crippen LogP contribution in [0.3, 0.4) is 0 Å². The van der Waals surface area contributed by atoms with Crippen molar-refractivity contribution in [2.45, 2.75) is 31.7 Å². The van der Waals surface area contributed by atoms with Gasteiger partial charge in [0.05, 0.1) is 0 Å². The fourth-order valence-corrected chi connectivity index (χ4v) is 1.70. The van der Waals surface area contributed by atoms with Crippen LogP contribution in [-0.4, -0.2) is 49.7 Å². The van der Waals surface area contributed by atoms with Crippen molar-refractivity contribution < 1.29 is 23.3 Å². The molecule has 0 amide bonds. The second-order valence-corrected chi connectivity index (χ2v) is 5.97. The van der Waals surface area contributed by atoms with Crippen LogP contribution in [0.1, 0.15) is 20.3 Å². The van der Waals surface area contributed by atoms with Gasteiger partial charge in [-0.3, -0.25) is 0 Å². The van der Waals surface area contributed by atoms with Crippen molar-refractivity contribution in [2.24, 2.45) is 5.92 Å². The topological polar surface area (TPSA) is 104 Å². The summed E-state index contributed by atoms with van der Waals surface area (Å²) < 4.78 is 31.9. The summed E-state index contributed by atoms with van der Waals surface area (Å²) in [7, 11) is -4.10. The second-order valence-electron chi connectivity index (χ2n) is 4.06. The molecule has 0 aliphatic carbocycles. The van der Waals surface area contributed by atoms with E-state index in [1.165, 1.54) is 0 Å². The quantitative estimate of drug-likeness (QED) is 0.462. The van der Waals surface area contributed by atoms with Gasteiger partial charge in [-0.1, -0.05) is 0 Å². The fourth-order valence-electron chi connectivity index (χ4n) is 1.24. The molecule has 0 saturated carbocycles. The summed E-state index contributed by atoms with van der Waals surface area (Å²) in [6.07, 6.45) is 0.389. The average molecular weight is 251 g/mol. The van der Waals surface area contributed by atoms with E-state index in [0.717, 1.165) is 0 Å². The summed E-state index contributed by atoms with van der Waals surface area (Å²) in [6.45, 7) is 3.51. The van der Waals surface area contributed by atoms with Crippen LogP contribution in [0.2, 0.25) is 0 Å². The van der Waals surface area contributed by atoms with Crippen LogP contribution in [-0.2, 0) is 14.4 Å². The van der Waals surface area contributed by atoms with Crippen LogP contribution in [0.5, 0.6) is 0 Å². The molecule has 0 rings (SSSR count). The third-order valence-corrected chi connectivity index (χ3v) is 3.26. The summed E-state index contributed by atoms with van der Waals surface area (Å²) in [5.41, 5.74) is -1.76. The van der Waals surface area contributed by atoms with Gasteiger partial charge in [-0.15, -0.1) is 0 Å². The molecule has 6 nitrogen and oxygen atoms in total. The number of aliphatic hydroxyl groups is 2. The normalized spacial score (nSPS) is 15.8. The maximum absolute atomic E-state index is 10.9. The molecule has 2 unspecified atom stereocenters. The molecule has 0 aliphatic heterocycles. The predicted octanol–water partition coefficient (Wildman–Crippen LogP) is -1.32. The molecular formula is C8H18BNO5S. The van der Waals surface area contributed by atoms with Gasteiger partial charge in [-0.25, -0.2) is 0 Å². The zero-order valence-electron chi connectivity index (χ0n) is 9.46. The molecule has 0 heterocycles. The summed E-state index contributed by atoms with van der Waals surface area (Å²) in [5, 5.41) is 20.9. The third kappa shape index (κ3) is 5.69. The van der Waals surface area contributed by atoms with Gasteiger partial charge in [-0.2, -0.15) is 0 Å². The first kappa shape index (κ1) is 15.7. The van der Waals surface area contributed by atoms with Gasteiger partial charge < -0.3 is 0 Å². The molecule has 8 heteroatoms. The zero-order valence-corrected chi connectivity index (χ0v) is 10.3. The van der Waals surface area contributed by atoms with Crippen molar-refractivity contribution >= 4 is 16.1 Å². The Morgan fingerprint density at radius 2 is 1.94 bits per heavy atom. The summed E-state index contributed by atoms with van der Waals surface area (Å²) >= 11 is 0. The molecule has 16 heavy (non-hydrogen) atoms. The van der Waals surface area contributed by atoms with E-state index in [2.05, 4.69) is 5.32 Å². The second kappa shape index (κ2) is 7.11. The molecule has 2 atom stereocenters. The van der Waals surface area contributed by atoms with Crippen molar-refractivity contribution in [3.8, 4) is 0 Å². The van der Waals surface area contributed by atoms with Crippen LogP contribution in [0.4, 0.5) is 0 Å². The third-order valence-electron chi connectivity index (χ3n) is 2.07. The molecule has 0 aromatic heterocycles. The van der Waals surface area contributed by atoms with Crippen molar-refractivity contribution in [1.82, 2.24) is 5.32 Å². The molecule has 0 aliphatic rings. The molecule has 3 N–H and O–H groups in total. The Balaban J connectivity index is 4.17. The summed E-state index contributed by atoms with van der Waals surface area (Å²) in [5.74, 6) is 0.337. The first-order valence-electron chi connectivity index (χ1n) is 5.04. The Kier molecular flexibility index (Phi) is 6.97. The minimum absolute atomic E-state index is 0.147. The number of nitrogens with one attached hydrogen (secondary N) is 1. The van der Waals surface area contributed by atoms with Crippen molar-refractivity contribution in [3.63, 3.8) is 0 Å². The first-order chi connectivity index (χ1) is 7.33. The Morgan fingerprint density at radius 1 is 1.38 bits per heavy atom. The van der Waals surface area contributed by atoms with Gasteiger partial charge >= 0.3 is 95.6 Å². The molecule has 94 valence electrons. The standard InChI is InChI=1S/C8H18BNO5S/c1-6(2)3-7(5-11)10-4-8(12)16(14,15)9-13/h6-8,10-12H,3-5H2,1-2H3. The zero-order chi connectivity index (χ0) is 12.8. The van der Waals surface area contributed by atoms with E-state index in [1.807, 2.05) is 13.8 Å². The van der Waals surface area contributed by atoms with E-state index in [9.17, 15) is 18.2 Å². The monoisotopic (exact) mass is 251 g/mol. The predicted molar refractivity (Wildman–Crippen MR) is 59.7 cm³/mol. The van der Waals surface area contributed by atoms with Crippen molar-refractivity contribution in [3.05, 3.63) is 0 Å². The molecule has 0 fully saturated rings. The Hall–Kier alpha value is -0.305. The summed E-state index contributed by atoms with van der Waals surface area (Å²) in [6, 6.07) is -0.281. The Morgan fingerprint density at radius 3 is 2.31 bits per heavy atom. The van der Waals surface area contributed by atoms with Crippen molar-refractivity contribution in [2.75, 3.05) is 13.2 Å². The van der Waals surface area contributed by atoms with Crippen LogP contribution >= 0.6 is 0 Å². The molecule has 0 aromatic carbocycles. The van der Waals surface area contributed by atoms with E-state index in [0.29, 0.717) is 12.3 Å². The number of rotatable bonds is 8. The van der Waals surface area contributed by atoms with E-state index < -0.39 is 15.1 Å². The minimum atomic E-state index is -4.10. The molecule has 0 aromatic rings.